The summed E-state index contributed by atoms with van der Waals surface area (Å²) in [7, 11) is 0. The Labute approximate surface area is 229 Å². The van der Waals surface area contributed by atoms with Gasteiger partial charge in [0.15, 0.2) is 23.3 Å². The Morgan fingerprint density at radius 2 is 0.850 bits per heavy atom. The Kier molecular flexibility index (Phi) is 26.0. The third-order valence-electron chi connectivity index (χ3n) is 5.68. The van der Waals surface area contributed by atoms with Crippen LogP contribution in [-0.4, -0.2) is 38.3 Å². The molecule has 0 aliphatic heterocycles. The van der Waals surface area contributed by atoms with Gasteiger partial charge in [-0.05, 0) is 71.4 Å². The summed E-state index contributed by atoms with van der Waals surface area (Å²) < 4.78 is 79.7. The normalized spacial score (nSPS) is 11.6. The summed E-state index contributed by atoms with van der Waals surface area (Å²) in [5.41, 5.74) is 0.187. The van der Waals surface area contributed by atoms with Crippen molar-refractivity contribution in [2.45, 2.75) is 65.7 Å². The highest BCUT2D eigenvalue weighted by Crippen LogP contribution is 2.15. The summed E-state index contributed by atoms with van der Waals surface area (Å²) in [6.45, 7) is 7.29. The summed E-state index contributed by atoms with van der Waals surface area (Å²) in [6, 6.07) is 3.00. The molecular formula is C26H42F10N4. The molecule has 2 aromatic rings. The van der Waals surface area contributed by atoms with Crippen LogP contribution in [0.1, 0.15) is 51.7 Å². The predicted octanol–water partition coefficient (Wildman–Crippen LogP) is 5.77. The molecule has 4 nitrogen and oxygen atoms in total. The van der Waals surface area contributed by atoms with E-state index < -0.39 is 34.9 Å². The van der Waals surface area contributed by atoms with Gasteiger partial charge in [-0.1, -0.05) is 7.43 Å². The van der Waals surface area contributed by atoms with E-state index in [1.807, 2.05) is 13.8 Å². The van der Waals surface area contributed by atoms with Crippen LogP contribution in [0.15, 0.2) is 24.3 Å². The van der Waals surface area contributed by atoms with Crippen LogP contribution >= 0.6 is 0 Å². The Morgan fingerprint density at radius 1 is 0.525 bits per heavy atom. The van der Waals surface area contributed by atoms with E-state index in [1.54, 1.807) is 0 Å². The molecule has 236 valence electrons. The first-order chi connectivity index (χ1) is 16.7. The molecule has 40 heavy (non-hydrogen) atoms. The van der Waals surface area contributed by atoms with Gasteiger partial charge in [-0.3, -0.25) is 18.8 Å². The maximum atomic E-state index is 13.6. The Morgan fingerprint density at radius 3 is 1.20 bits per heavy atom. The zero-order chi connectivity index (χ0) is 25.8. The number of rotatable bonds is 16. The zero-order valence-corrected chi connectivity index (χ0v) is 21.7. The lowest BCUT2D eigenvalue weighted by atomic mass is 10.1. The van der Waals surface area contributed by atoms with Gasteiger partial charge in [-0.15, -0.1) is 0 Å². The molecule has 0 radical (unpaired) electrons. The second-order valence-electron chi connectivity index (χ2n) is 8.71. The van der Waals surface area contributed by atoms with Crippen LogP contribution < -0.4 is 21.3 Å². The molecule has 0 spiro atoms. The van der Waals surface area contributed by atoms with Gasteiger partial charge >= 0.3 is 0 Å². The van der Waals surface area contributed by atoms with E-state index in [0.717, 1.165) is 57.6 Å². The lowest BCUT2D eigenvalue weighted by molar-refractivity contribution is 0.460. The molecule has 0 bridgehead atoms. The Bertz CT molecular complexity index is 863. The van der Waals surface area contributed by atoms with Crippen LogP contribution in [0.3, 0.4) is 0 Å². The zero-order valence-electron chi connectivity index (χ0n) is 21.7. The van der Waals surface area contributed by atoms with E-state index in [2.05, 4.69) is 21.3 Å². The van der Waals surface area contributed by atoms with Gasteiger partial charge in [0.2, 0.25) is 0 Å². The van der Waals surface area contributed by atoms with Crippen LogP contribution in [0.5, 0.6) is 0 Å². The fourth-order valence-corrected chi connectivity index (χ4v) is 3.40. The first kappa shape index (κ1) is 44.6. The highest BCUT2D eigenvalue weighted by atomic mass is 19.2. The summed E-state index contributed by atoms with van der Waals surface area (Å²) in [6.07, 6.45) is 2.50. The minimum Gasteiger partial charge on any atom is -0.317 e. The number of nitrogens with one attached hydrogen (secondary N) is 4. The van der Waals surface area contributed by atoms with E-state index in [9.17, 15) is 26.3 Å². The molecule has 0 aliphatic rings. The van der Waals surface area contributed by atoms with Crippen LogP contribution in [0.25, 0.3) is 0 Å². The molecule has 2 rings (SSSR count). The Hall–Kier alpha value is -2.42. The van der Waals surface area contributed by atoms with Crippen molar-refractivity contribution in [3.05, 3.63) is 70.3 Å². The molecule has 0 aliphatic carbocycles. The van der Waals surface area contributed by atoms with Gasteiger partial charge in [0.1, 0.15) is 11.6 Å². The van der Waals surface area contributed by atoms with Crippen molar-refractivity contribution >= 4 is 0 Å². The topological polar surface area (TPSA) is 48.1 Å². The van der Waals surface area contributed by atoms with Gasteiger partial charge in [0, 0.05) is 48.4 Å². The average Bonchev–Trinajstić information content (AvgIpc) is 2.80. The lowest BCUT2D eigenvalue weighted by Gasteiger charge is -2.16. The molecule has 0 amide bonds. The maximum Gasteiger partial charge on any atom is 0.161 e. The fourth-order valence-electron chi connectivity index (χ4n) is 3.40. The summed E-state index contributed by atoms with van der Waals surface area (Å²) in [4.78, 5) is 0. The van der Waals surface area contributed by atoms with Crippen LogP contribution in [-0.2, 0) is 13.1 Å². The van der Waals surface area contributed by atoms with Crippen LogP contribution in [0.4, 0.5) is 45.2 Å². The monoisotopic (exact) mass is 600 g/mol. The molecule has 2 unspecified atom stereocenters. The highest BCUT2D eigenvalue weighted by Gasteiger charge is 2.12. The summed E-state index contributed by atoms with van der Waals surface area (Å²) in [5.74, 6) is -6.04. The lowest BCUT2D eigenvalue weighted by Crippen LogP contribution is -2.32. The van der Waals surface area contributed by atoms with Gasteiger partial charge in [0.05, 0.1) is 0 Å². The molecule has 0 fully saturated rings. The standard InChI is InChI=1S/C25H34F6N4.CH4.4FH/c1-16(34-14-18-10-22(28)24(30)12-20(18)26)4-8-32-6-3-7-33-9-5-17(2)35-15-19-11-23(29)25(31)13-21(19)27;;;;;/h10-13,16-17,32-35H,3-9,14-15H2,1-2H3;1H4;4*1H. The third-order valence-corrected chi connectivity index (χ3v) is 5.68. The first-order valence-electron chi connectivity index (χ1n) is 11.8. The molecule has 0 aromatic heterocycles. The molecule has 2 atom stereocenters. The molecule has 0 saturated heterocycles. The second kappa shape index (κ2) is 23.3. The van der Waals surface area contributed by atoms with E-state index in [0.29, 0.717) is 12.1 Å². The largest absolute Gasteiger partial charge is 0.317 e. The van der Waals surface area contributed by atoms with Crippen LogP contribution in [0.2, 0.25) is 0 Å². The van der Waals surface area contributed by atoms with E-state index in [1.165, 1.54) is 0 Å². The predicted molar refractivity (Wildman–Crippen MR) is 142 cm³/mol. The molecular weight excluding hydrogens is 558 g/mol. The van der Waals surface area contributed by atoms with Crippen molar-refractivity contribution in [3.8, 4) is 0 Å². The smallest absolute Gasteiger partial charge is 0.161 e. The minimum absolute atomic E-state index is 0. The average molecular weight is 601 g/mol. The van der Waals surface area contributed by atoms with Gasteiger partial charge < -0.3 is 21.3 Å². The number of benzene rings is 2. The maximum absolute atomic E-state index is 13.6. The molecule has 0 saturated carbocycles. The summed E-state index contributed by atoms with van der Waals surface area (Å²) in [5, 5.41) is 12.9. The molecule has 14 heteroatoms. The van der Waals surface area contributed by atoms with E-state index in [4.69, 9.17) is 0 Å². The van der Waals surface area contributed by atoms with Gasteiger partial charge in [-0.25, -0.2) is 26.3 Å². The summed E-state index contributed by atoms with van der Waals surface area (Å²) >= 11 is 0. The molecule has 0 heterocycles. The van der Waals surface area contributed by atoms with Gasteiger partial charge in [0.25, 0.3) is 0 Å². The minimum atomic E-state index is -1.19. The van der Waals surface area contributed by atoms with E-state index in [-0.39, 0.29) is 62.5 Å². The molecule has 4 N–H and O–H groups in total. The highest BCUT2D eigenvalue weighted by molar-refractivity contribution is 5.20. The third kappa shape index (κ3) is 16.0. The van der Waals surface area contributed by atoms with Crippen molar-refractivity contribution < 1.29 is 45.2 Å². The quantitative estimate of drug-likeness (QED) is 0.112. The van der Waals surface area contributed by atoms with Crippen molar-refractivity contribution in [1.82, 2.24) is 21.3 Å². The first-order valence-corrected chi connectivity index (χ1v) is 11.8. The van der Waals surface area contributed by atoms with Gasteiger partial charge in [-0.2, -0.15) is 0 Å². The molecule has 2 aromatic carbocycles. The number of hydrogen-bond acceptors (Lipinski definition) is 4. The van der Waals surface area contributed by atoms with Crippen molar-refractivity contribution in [1.29, 1.82) is 0 Å². The number of hydrogen-bond donors (Lipinski definition) is 4. The van der Waals surface area contributed by atoms with Crippen molar-refractivity contribution in [2.24, 2.45) is 0 Å². The fraction of sp³-hybridized carbons (Fsp3) is 0.538. The van der Waals surface area contributed by atoms with Crippen molar-refractivity contribution in [2.75, 3.05) is 26.2 Å². The van der Waals surface area contributed by atoms with Crippen molar-refractivity contribution in [3.63, 3.8) is 0 Å². The second-order valence-corrected chi connectivity index (χ2v) is 8.71. The SMILES string of the molecule is C.CC(CCNCCCNCCC(C)NCc1cc(F)c(F)cc1F)NCc1cc(F)c(F)cc1F.F.F.F.F. The number of halogens is 10. The van der Waals surface area contributed by atoms with E-state index >= 15 is 0 Å². The van der Waals surface area contributed by atoms with Crippen LogP contribution in [0, 0.1) is 34.9 Å². The Balaban J connectivity index is -0.00000130.